The van der Waals surface area contributed by atoms with Crippen molar-refractivity contribution >= 4 is 34.8 Å². The van der Waals surface area contributed by atoms with Gasteiger partial charge in [0.2, 0.25) is 5.88 Å². The average molecular weight is 317 g/mol. The number of hydrogen-bond donors (Lipinski definition) is 0. The fourth-order valence-electron chi connectivity index (χ4n) is 1.77. The molecule has 0 unspecified atom stereocenters. The Balaban J connectivity index is 2.36. The topological polar surface area (TPSA) is 22.1 Å². The zero-order chi connectivity index (χ0) is 14.0. The van der Waals surface area contributed by atoms with Crippen molar-refractivity contribution in [2.24, 2.45) is 0 Å². The van der Waals surface area contributed by atoms with Crippen molar-refractivity contribution in [2.75, 3.05) is 0 Å². The van der Waals surface area contributed by atoms with Gasteiger partial charge in [-0.25, -0.2) is 4.98 Å². The first-order chi connectivity index (χ1) is 9.01. The quantitative estimate of drug-likeness (QED) is 0.694. The molecule has 0 aliphatic heterocycles. The second-order valence-corrected chi connectivity index (χ2v) is 5.35. The Morgan fingerprint density at radius 3 is 2.26 bits per heavy atom. The van der Waals surface area contributed by atoms with Crippen molar-refractivity contribution in [1.29, 1.82) is 0 Å². The summed E-state index contributed by atoms with van der Waals surface area (Å²) in [6.07, 6.45) is 1.65. The van der Waals surface area contributed by atoms with Gasteiger partial charge < -0.3 is 4.74 Å². The van der Waals surface area contributed by atoms with E-state index in [9.17, 15) is 0 Å². The zero-order valence-corrected chi connectivity index (χ0v) is 12.8. The summed E-state index contributed by atoms with van der Waals surface area (Å²) in [4.78, 5) is 4.18. The van der Waals surface area contributed by atoms with Gasteiger partial charge in [0.15, 0.2) is 0 Å². The molecule has 100 valence electrons. The molecule has 0 fully saturated rings. The van der Waals surface area contributed by atoms with Gasteiger partial charge in [-0.3, -0.25) is 0 Å². The molecule has 0 aliphatic carbocycles. The summed E-state index contributed by atoms with van der Waals surface area (Å²) >= 11 is 17.8. The van der Waals surface area contributed by atoms with Gasteiger partial charge in [-0.15, -0.1) is 11.6 Å². The van der Waals surface area contributed by atoms with Crippen LogP contribution in [0.5, 0.6) is 11.6 Å². The van der Waals surface area contributed by atoms with Crippen molar-refractivity contribution in [3.05, 3.63) is 51.1 Å². The molecule has 19 heavy (non-hydrogen) atoms. The van der Waals surface area contributed by atoms with E-state index in [4.69, 9.17) is 39.5 Å². The Hall–Kier alpha value is -0.960. The Morgan fingerprint density at radius 2 is 1.74 bits per heavy atom. The molecule has 2 nitrogen and oxygen atoms in total. The van der Waals surface area contributed by atoms with Crippen molar-refractivity contribution in [3.63, 3.8) is 0 Å². The molecule has 0 radical (unpaired) electrons. The van der Waals surface area contributed by atoms with E-state index in [1.165, 1.54) is 0 Å². The molecule has 0 N–H and O–H groups in total. The molecular weight excluding hydrogens is 305 g/mol. The average Bonchev–Trinajstić information content (AvgIpc) is 2.35. The summed E-state index contributed by atoms with van der Waals surface area (Å²) in [5.74, 6) is 1.45. The highest BCUT2D eigenvalue weighted by molar-refractivity contribution is 6.32. The number of aryl methyl sites for hydroxylation is 2. The molecule has 0 bridgehead atoms. The number of rotatable bonds is 3. The maximum absolute atomic E-state index is 6.12. The van der Waals surface area contributed by atoms with E-state index in [1.54, 1.807) is 12.3 Å². The summed E-state index contributed by atoms with van der Waals surface area (Å²) in [6, 6.07) is 5.42. The summed E-state index contributed by atoms with van der Waals surface area (Å²) in [5.41, 5.74) is 2.72. The molecule has 1 heterocycles. The van der Waals surface area contributed by atoms with Crippen LogP contribution in [-0.2, 0) is 5.88 Å². The lowest BCUT2D eigenvalue weighted by atomic mass is 10.1. The zero-order valence-electron chi connectivity index (χ0n) is 10.5. The Morgan fingerprint density at radius 1 is 1.11 bits per heavy atom. The monoisotopic (exact) mass is 315 g/mol. The van der Waals surface area contributed by atoms with Crippen LogP contribution in [-0.4, -0.2) is 4.98 Å². The number of nitrogens with zero attached hydrogens (tertiary/aromatic N) is 1. The van der Waals surface area contributed by atoms with Gasteiger partial charge in [0.25, 0.3) is 0 Å². The third-order valence-corrected chi connectivity index (χ3v) is 3.44. The number of alkyl halides is 1. The molecule has 2 rings (SSSR count). The number of halogens is 3. The molecule has 0 saturated carbocycles. The maximum atomic E-state index is 6.12. The standard InChI is InChI=1S/C14H12Cl3NO/c1-8-3-11(16)4-9(2)13(8)19-14-12(17)5-10(6-15)7-18-14/h3-5,7H,6H2,1-2H3. The highest BCUT2D eigenvalue weighted by Gasteiger charge is 2.11. The maximum Gasteiger partial charge on any atom is 0.238 e. The number of aromatic nitrogens is 1. The SMILES string of the molecule is Cc1cc(Cl)cc(C)c1Oc1ncc(CCl)cc1Cl. The molecule has 1 aromatic carbocycles. The number of hydrogen-bond acceptors (Lipinski definition) is 2. The Labute approximate surface area is 127 Å². The molecule has 5 heteroatoms. The molecule has 1 aromatic heterocycles. The van der Waals surface area contributed by atoms with Crippen molar-refractivity contribution < 1.29 is 4.74 Å². The van der Waals surface area contributed by atoms with Crippen LogP contribution in [0.2, 0.25) is 10.0 Å². The number of pyridine rings is 1. The number of ether oxygens (including phenoxy) is 1. The van der Waals surface area contributed by atoms with E-state index in [2.05, 4.69) is 4.98 Å². The van der Waals surface area contributed by atoms with E-state index >= 15 is 0 Å². The van der Waals surface area contributed by atoms with E-state index in [-0.39, 0.29) is 0 Å². The molecule has 0 spiro atoms. The van der Waals surface area contributed by atoms with E-state index in [0.29, 0.717) is 21.8 Å². The smallest absolute Gasteiger partial charge is 0.238 e. The minimum Gasteiger partial charge on any atom is -0.437 e. The molecular formula is C14H12Cl3NO. The molecule has 0 amide bonds. The summed E-state index contributed by atoms with van der Waals surface area (Å²) in [6.45, 7) is 3.85. The molecule has 0 saturated heterocycles. The van der Waals surface area contributed by atoms with Gasteiger partial charge in [0.1, 0.15) is 10.8 Å². The largest absolute Gasteiger partial charge is 0.437 e. The molecule has 0 aliphatic rings. The predicted octanol–water partition coefficient (Wildman–Crippen LogP) is 5.54. The lowest BCUT2D eigenvalue weighted by Crippen LogP contribution is -1.95. The molecule has 0 atom stereocenters. The van der Waals surface area contributed by atoms with Gasteiger partial charge in [0.05, 0.1) is 0 Å². The molecule has 2 aromatic rings. The third kappa shape index (κ3) is 3.33. The van der Waals surface area contributed by atoms with E-state index in [1.807, 2.05) is 26.0 Å². The summed E-state index contributed by atoms with van der Waals surface area (Å²) < 4.78 is 5.78. The van der Waals surface area contributed by atoms with Gasteiger partial charge in [-0.1, -0.05) is 23.2 Å². The third-order valence-electron chi connectivity index (χ3n) is 2.64. The van der Waals surface area contributed by atoms with Gasteiger partial charge in [0, 0.05) is 17.1 Å². The van der Waals surface area contributed by atoms with Crippen LogP contribution >= 0.6 is 34.8 Å². The van der Waals surface area contributed by atoms with Gasteiger partial charge >= 0.3 is 0 Å². The first-order valence-electron chi connectivity index (χ1n) is 5.66. The van der Waals surface area contributed by atoms with Crippen LogP contribution in [0, 0.1) is 13.8 Å². The first kappa shape index (κ1) is 14.4. The Bertz CT molecular complexity index is 591. The van der Waals surface area contributed by atoms with Crippen molar-refractivity contribution in [1.82, 2.24) is 4.98 Å². The fourth-order valence-corrected chi connectivity index (χ4v) is 2.47. The highest BCUT2D eigenvalue weighted by Crippen LogP contribution is 2.33. The van der Waals surface area contributed by atoms with Crippen molar-refractivity contribution in [2.45, 2.75) is 19.7 Å². The van der Waals surface area contributed by atoms with Crippen LogP contribution in [0.15, 0.2) is 24.4 Å². The van der Waals surface area contributed by atoms with Crippen LogP contribution in [0.3, 0.4) is 0 Å². The lowest BCUT2D eigenvalue weighted by molar-refractivity contribution is 0.456. The predicted molar refractivity (Wildman–Crippen MR) is 79.8 cm³/mol. The van der Waals surface area contributed by atoms with Crippen LogP contribution in [0.1, 0.15) is 16.7 Å². The second kappa shape index (κ2) is 6.00. The normalized spacial score (nSPS) is 10.6. The summed E-state index contributed by atoms with van der Waals surface area (Å²) in [5, 5.41) is 1.12. The van der Waals surface area contributed by atoms with Gasteiger partial charge in [-0.2, -0.15) is 0 Å². The lowest BCUT2D eigenvalue weighted by Gasteiger charge is -2.12. The summed E-state index contributed by atoms with van der Waals surface area (Å²) in [7, 11) is 0. The minimum atomic E-state index is 0.365. The highest BCUT2D eigenvalue weighted by atomic mass is 35.5. The van der Waals surface area contributed by atoms with E-state index < -0.39 is 0 Å². The van der Waals surface area contributed by atoms with E-state index in [0.717, 1.165) is 22.4 Å². The second-order valence-electron chi connectivity index (χ2n) is 4.23. The van der Waals surface area contributed by atoms with Crippen LogP contribution in [0.25, 0.3) is 0 Å². The van der Waals surface area contributed by atoms with Crippen LogP contribution in [0.4, 0.5) is 0 Å². The fraction of sp³-hybridized carbons (Fsp3) is 0.214. The number of benzene rings is 1. The van der Waals surface area contributed by atoms with Gasteiger partial charge in [-0.05, 0) is 48.7 Å². The van der Waals surface area contributed by atoms with Crippen LogP contribution < -0.4 is 4.74 Å². The van der Waals surface area contributed by atoms with Crippen molar-refractivity contribution in [3.8, 4) is 11.6 Å². The Kier molecular flexibility index (Phi) is 4.56. The minimum absolute atomic E-state index is 0.365. The first-order valence-corrected chi connectivity index (χ1v) is 6.95.